The zero-order chi connectivity index (χ0) is 12.4. The van der Waals surface area contributed by atoms with E-state index in [1.54, 1.807) is 11.6 Å². The van der Waals surface area contributed by atoms with Crippen molar-refractivity contribution in [2.24, 2.45) is 7.05 Å². The van der Waals surface area contributed by atoms with E-state index in [1.165, 1.54) is 0 Å². The Labute approximate surface area is 103 Å². The summed E-state index contributed by atoms with van der Waals surface area (Å²) in [5.41, 5.74) is 1.79. The van der Waals surface area contributed by atoms with Gasteiger partial charge >= 0.3 is 0 Å². The zero-order valence-electron chi connectivity index (χ0n) is 9.18. The number of imidazole rings is 1. The van der Waals surface area contributed by atoms with Gasteiger partial charge in [-0.05, 0) is 12.1 Å². The molecule has 0 fully saturated rings. The van der Waals surface area contributed by atoms with Gasteiger partial charge in [-0.1, -0.05) is 12.1 Å². The number of halogens is 1. The molecule has 1 aromatic heterocycles. The summed E-state index contributed by atoms with van der Waals surface area (Å²) in [5.74, 6) is 0.158. The third-order valence-corrected chi connectivity index (χ3v) is 2.79. The smallest absolute Gasteiger partial charge is 0.155 e. The molecule has 5 heteroatoms. The number of fused-ring (bicyclic) bond motifs is 1. The average molecular weight is 248 g/mol. The molecule has 2 rings (SSSR count). The van der Waals surface area contributed by atoms with Gasteiger partial charge in [0.2, 0.25) is 0 Å². The lowest BCUT2D eigenvalue weighted by Gasteiger charge is -2.02. The summed E-state index contributed by atoms with van der Waals surface area (Å²) < 4.78 is 1.76. The first-order chi connectivity index (χ1) is 8.19. The minimum absolute atomic E-state index is 0.105. The Kier molecular flexibility index (Phi) is 3.03. The lowest BCUT2D eigenvalue weighted by molar-refractivity contribution is 0.419. The van der Waals surface area contributed by atoms with Gasteiger partial charge in [-0.25, -0.2) is 4.98 Å². The fourth-order valence-electron chi connectivity index (χ4n) is 1.68. The summed E-state index contributed by atoms with van der Waals surface area (Å²) >= 11 is 5.53. The average Bonchev–Trinajstić information content (AvgIpc) is 2.68. The second-order valence-corrected chi connectivity index (χ2v) is 3.82. The van der Waals surface area contributed by atoms with Crippen LogP contribution in [0.4, 0.5) is 0 Å². The standard InChI is InChI=1S/C12H10ClN3O/c1-16-10-5-3-2-4-9(10)15-12(16)8(7-14)11(17)6-13/h2-5,17H,6H2,1H3. The number of para-hydroxylation sites is 2. The summed E-state index contributed by atoms with van der Waals surface area (Å²) in [4.78, 5) is 4.32. The number of nitriles is 1. The van der Waals surface area contributed by atoms with E-state index in [0.717, 1.165) is 11.0 Å². The largest absolute Gasteiger partial charge is 0.510 e. The van der Waals surface area contributed by atoms with Gasteiger partial charge in [-0.15, -0.1) is 11.6 Å². The molecule has 17 heavy (non-hydrogen) atoms. The molecule has 0 aliphatic rings. The molecule has 86 valence electrons. The first-order valence-corrected chi connectivity index (χ1v) is 5.52. The summed E-state index contributed by atoms with van der Waals surface area (Å²) in [7, 11) is 1.80. The number of aryl methyl sites for hydroxylation is 1. The van der Waals surface area contributed by atoms with Crippen LogP contribution in [0.1, 0.15) is 5.82 Å². The number of hydrogen-bond donors (Lipinski definition) is 1. The van der Waals surface area contributed by atoms with Gasteiger partial charge < -0.3 is 9.67 Å². The van der Waals surface area contributed by atoms with Crippen LogP contribution < -0.4 is 0 Å². The Morgan fingerprint density at radius 1 is 1.53 bits per heavy atom. The van der Waals surface area contributed by atoms with Gasteiger partial charge in [0.15, 0.2) is 5.82 Å². The molecule has 0 saturated carbocycles. The molecule has 0 atom stereocenters. The first-order valence-electron chi connectivity index (χ1n) is 4.99. The maximum absolute atomic E-state index is 9.59. The normalized spacial score (nSPS) is 12.3. The highest BCUT2D eigenvalue weighted by Crippen LogP contribution is 2.21. The number of benzene rings is 1. The number of nitrogens with zero attached hydrogens (tertiary/aromatic N) is 3. The van der Waals surface area contributed by atoms with E-state index in [2.05, 4.69) is 4.98 Å². The quantitative estimate of drug-likeness (QED) is 0.504. The molecule has 2 aromatic rings. The Bertz CT molecular complexity index is 637. The molecule has 1 aromatic carbocycles. The summed E-state index contributed by atoms with van der Waals surface area (Å²) in [6, 6.07) is 9.45. The van der Waals surface area contributed by atoms with Crippen molar-refractivity contribution in [1.29, 1.82) is 5.26 Å². The Morgan fingerprint density at radius 2 is 2.24 bits per heavy atom. The van der Waals surface area contributed by atoms with Gasteiger partial charge in [0, 0.05) is 7.05 Å². The van der Waals surface area contributed by atoms with Crippen molar-refractivity contribution in [3.63, 3.8) is 0 Å². The molecule has 0 unspecified atom stereocenters. The highest BCUT2D eigenvalue weighted by Gasteiger charge is 2.15. The van der Waals surface area contributed by atoms with Crippen LogP contribution in [0.3, 0.4) is 0 Å². The van der Waals surface area contributed by atoms with Crippen LogP contribution >= 0.6 is 11.6 Å². The number of aliphatic hydroxyl groups is 1. The fraction of sp³-hybridized carbons (Fsp3) is 0.167. The highest BCUT2D eigenvalue weighted by atomic mass is 35.5. The van der Waals surface area contributed by atoms with Crippen LogP contribution in [0.25, 0.3) is 16.6 Å². The molecule has 0 aliphatic carbocycles. The fourth-order valence-corrected chi connectivity index (χ4v) is 1.81. The molecule has 1 heterocycles. The maximum Gasteiger partial charge on any atom is 0.155 e. The van der Waals surface area contributed by atoms with E-state index in [0.29, 0.717) is 5.82 Å². The van der Waals surface area contributed by atoms with Crippen molar-refractivity contribution in [2.75, 3.05) is 5.88 Å². The zero-order valence-corrected chi connectivity index (χ0v) is 9.94. The van der Waals surface area contributed by atoms with E-state index in [9.17, 15) is 5.11 Å². The van der Waals surface area contributed by atoms with E-state index in [-0.39, 0.29) is 17.2 Å². The van der Waals surface area contributed by atoms with Crippen molar-refractivity contribution in [1.82, 2.24) is 9.55 Å². The number of aromatic nitrogens is 2. The molecule has 0 spiro atoms. The molecular formula is C12H10ClN3O. The molecular weight excluding hydrogens is 238 g/mol. The summed E-state index contributed by atoms with van der Waals surface area (Å²) in [5, 5.41) is 18.6. The number of allylic oxidation sites excluding steroid dienone is 2. The second-order valence-electron chi connectivity index (χ2n) is 3.55. The molecule has 0 saturated heterocycles. The number of aliphatic hydroxyl groups excluding tert-OH is 1. The van der Waals surface area contributed by atoms with E-state index >= 15 is 0 Å². The summed E-state index contributed by atoms with van der Waals surface area (Å²) in [6.07, 6.45) is 0. The highest BCUT2D eigenvalue weighted by molar-refractivity contribution is 6.19. The number of alkyl halides is 1. The number of rotatable bonds is 2. The SMILES string of the molecule is Cn1c(C(C#N)=C(O)CCl)nc2ccccc21. The molecule has 0 radical (unpaired) electrons. The summed E-state index contributed by atoms with van der Waals surface area (Å²) in [6.45, 7) is 0. The molecule has 4 nitrogen and oxygen atoms in total. The van der Waals surface area contributed by atoms with Crippen molar-refractivity contribution in [2.45, 2.75) is 0 Å². The van der Waals surface area contributed by atoms with Crippen LogP contribution in [0.15, 0.2) is 30.0 Å². The molecule has 0 amide bonds. The maximum atomic E-state index is 9.59. The second kappa shape index (κ2) is 4.48. The predicted octanol–water partition coefficient (Wildman–Crippen LogP) is 2.60. The molecule has 1 N–H and O–H groups in total. The van der Waals surface area contributed by atoms with Gasteiger partial charge in [0.05, 0.1) is 16.9 Å². The van der Waals surface area contributed by atoms with Crippen molar-refractivity contribution < 1.29 is 5.11 Å². The van der Waals surface area contributed by atoms with Crippen LogP contribution in [-0.4, -0.2) is 20.5 Å². The van der Waals surface area contributed by atoms with E-state index in [4.69, 9.17) is 16.9 Å². The minimum Gasteiger partial charge on any atom is -0.510 e. The van der Waals surface area contributed by atoms with Crippen LogP contribution in [-0.2, 0) is 7.05 Å². The molecule has 0 bridgehead atoms. The third-order valence-electron chi connectivity index (χ3n) is 2.54. The van der Waals surface area contributed by atoms with Crippen molar-refractivity contribution >= 4 is 28.2 Å². The van der Waals surface area contributed by atoms with Crippen molar-refractivity contribution in [3.05, 3.63) is 35.8 Å². The Morgan fingerprint density at radius 3 is 2.82 bits per heavy atom. The Balaban J connectivity index is 2.72. The minimum atomic E-state index is -0.160. The lowest BCUT2D eigenvalue weighted by Crippen LogP contribution is -1.99. The van der Waals surface area contributed by atoms with Gasteiger partial charge in [0.1, 0.15) is 17.4 Å². The van der Waals surface area contributed by atoms with Gasteiger partial charge in [-0.3, -0.25) is 0 Å². The van der Waals surface area contributed by atoms with Gasteiger partial charge in [-0.2, -0.15) is 5.26 Å². The lowest BCUT2D eigenvalue weighted by atomic mass is 10.2. The first kappa shape index (κ1) is 11.5. The molecule has 0 aliphatic heterocycles. The van der Waals surface area contributed by atoms with Crippen LogP contribution in [0.2, 0.25) is 0 Å². The van der Waals surface area contributed by atoms with E-state index < -0.39 is 0 Å². The topological polar surface area (TPSA) is 61.8 Å². The third kappa shape index (κ3) is 1.85. The monoisotopic (exact) mass is 247 g/mol. The van der Waals surface area contributed by atoms with E-state index in [1.807, 2.05) is 30.3 Å². The number of hydrogen-bond acceptors (Lipinski definition) is 3. The predicted molar refractivity (Wildman–Crippen MR) is 66.6 cm³/mol. The van der Waals surface area contributed by atoms with Crippen molar-refractivity contribution in [3.8, 4) is 6.07 Å². The Hall–Kier alpha value is -1.99. The van der Waals surface area contributed by atoms with Gasteiger partial charge in [0.25, 0.3) is 0 Å². The van der Waals surface area contributed by atoms with Crippen LogP contribution in [0, 0.1) is 11.3 Å². The van der Waals surface area contributed by atoms with Crippen LogP contribution in [0.5, 0.6) is 0 Å².